The maximum atomic E-state index is 14.4. The topological polar surface area (TPSA) is 83.5 Å². The van der Waals surface area contributed by atoms with Crippen LogP contribution in [0.2, 0.25) is 5.02 Å². The van der Waals surface area contributed by atoms with Crippen LogP contribution in [0.15, 0.2) is 71.7 Å². The minimum absolute atomic E-state index is 0.0248. The van der Waals surface area contributed by atoms with Crippen molar-refractivity contribution in [1.82, 2.24) is 15.1 Å². The van der Waals surface area contributed by atoms with Gasteiger partial charge in [0.25, 0.3) is 0 Å². The molecule has 3 aromatic carbocycles. The molecule has 0 radical (unpaired) electrons. The molecular weight excluding hydrogens is 528 g/mol. The molecule has 0 saturated carbocycles. The van der Waals surface area contributed by atoms with Gasteiger partial charge in [-0.1, -0.05) is 53.6 Å². The number of rotatable bonds is 6. The van der Waals surface area contributed by atoms with Crippen LogP contribution in [0.5, 0.6) is 11.5 Å². The molecule has 208 valence electrons. The molecule has 5 rings (SSSR count). The summed E-state index contributed by atoms with van der Waals surface area (Å²) in [6, 6.07) is 20.0. The third-order valence-corrected chi connectivity index (χ3v) is 7.22. The third kappa shape index (κ3) is 5.63. The number of aliphatic imine (C=N–C) groups is 1. The standard InChI is InChI=1S/C31H33ClN4O4/c1-19(2)40-26-17-24(39-4)12-13-25(26)30-34-28(22-7-5-6-20(3)16-22)29(21-8-10-23(32)11-9-21)36(30)31(38)35-15-14-33-27(37)18-35/h5-13,16-17,19,28-29H,14-15,18H2,1-4H3,(H,33,37). The molecule has 1 N–H and O–H groups in total. The number of hydrogen-bond donors (Lipinski definition) is 1. The smallest absolute Gasteiger partial charge is 0.326 e. The van der Waals surface area contributed by atoms with Crippen molar-refractivity contribution < 1.29 is 19.1 Å². The molecule has 0 spiro atoms. The molecule has 0 bridgehead atoms. The first-order valence-corrected chi connectivity index (χ1v) is 13.7. The molecule has 3 amide bonds. The van der Waals surface area contributed by atoms with Crippen molar-refractivity contribution in [1.29, 1.82) is 0 Å². The fraction of sp³-hybridized carbons (Fsp3) is 0.323. The maximum Gasteiger partial charge on any atom is 0.326 e. The van der Waals surface area contributed by atoms with Crippen LogP contribution in [-0.2, 0) is 4.79 Å². The minimum atomic E-state index is -0.486. The number of methoxy groups -OCH3 is 1. The molecule has 0 aliphatic carbocycles. The van der Waals surface area contributed by atoms with Crippen molar-refractivity contribution in [2.24, 2.45) is 4.99 Å². The van der Waals surface area contributed by atoms with Crippen molar-refractivity contribution in [3.63, 3.8) is 0 Å². The number of hydrogen-bond acceptors (Lipinski definition) is 5. The first-order valence-electron chi connectivity index (χ1n) is 13.3. The monoisotopic (exact) mass is 560 g/mol. The Bertz CT molecular complexity index is 1440. The van der Waals surface area contributed by atoms with Crippen molar-refractivity contribution in [3.8, 4) is 11.5 Å². The number of carbonyl (C=O) groups excluding carboxylic acids is 2. The molecule has 3 aromatic rings. The van der Waals surface area contributed by atoms with Gasteiger partial charge in [0.15, 0.2) is 0 Å². The van der Waals surface area contributed by atoms with Gasteiger partial charge in [-0.15, -0.1) is 0 Å². The van der Waals surface area contributed by atoms with E-state index in [0.717, 1.165) is 16.7 Å². The lowest BCUT2D eigenvalue weighted by molar-refractivity contribution is -0.123. The van der Waals surface area contributed by atoms with Crippen molar-refractivity contribution in [2.75, 3.05) is 26.7 Å². The summed E-state index contributed by atoms with van der Waals surface area (Å²) in [5, 5.41) is 3.40. The number of carbonyl (C=O) groups is 2. The highest BCUT2D eigenvalue weighted by Crippen LogP contribution is 2.45. The largest absolute Gasteiger partial charge is 0.497 e. The van der Waals surface area contributed by atoms with Crippen LogP contribution in [0.1, 0.15) is 48.2 Å². The minimum Gasteiger partial charge on any atom is -0.497 e. The number of nitrogens with zero attached hydrogens (tertiary/aromatic N) is 3. The number of nitrogens with one attached hydrogen (secondary N) is 1. The summed E-state index contributed by atoms with van der Waals surface area (Å²) in [6.45, 7) is 6.69. The Labute approximate surface area is 239 Å². The molecule has 1 fully saturated rings. The Kier molecular flexibility index (Phi) is 7.98. The van der Waals surface area contributed by atoms with Crippen molar-refractivity contribution in [2.45, 2.75) is 39.0 Å². The Morgan fingerprint density at radius 2 is 1.85 bits per heavy atom. The van der Waals surface area contributed by atoms with E-state index in [1.807, 2.05) is 81.4 Å². The summed E-state index contributed by atoms with van der Waals surface area (Å²) in [6.07, 6.45) is -0.123. The molecular formula is C31H33ClN4O4. The molecule has 2 aliphatic rings. The maximum absolute atomic E-state index is 14.4. The normalized spacial score (nSPS) is 18.9. The van der Waals surface area contributed by atoms with Crippen molar-refractivity contribution >= 4 is 29.4 Å². The van der Waals surface area contributed by atoms with Gasteiger partial charge in [-0.25, -0.2) is 4.79 Å². The first kappa shape index (κ1) is 27.5. The lowest BCUT2D eigenvalue weighted by Crippen LogP contribution is -2.55. The zero-order valence-electron chi connectivity index (χ0n) is 23.1. The Hall–Kier alpha value is -4.04. The zero-order valence-corrected chi connectivity index (χ0v) is 23.8. The Morgan fingerprint density at radius 3 is 2.52 bits per heavy atom. The number of urea groups is 1. The predicted molar refractivity (Wildman–Crippen MR) is 155 cm³/mol. The first-order chi connectivity index (χ1) is 19.2. The van der Waals surface area contributed by atoms with Gasteiger partial charge in [0.2, 0.25) is 5.91 Å². The molecule has 0 aromatic heterocycles. The summed E-state index contributed by atoms with van der Waals surface area (Å²) in [4.78, 5) is 35.2. The molecule has 9 heteroatoms. The average Bonchev–Trinajstić information content (AvgIpc) is 3.33. The number of piperazine rings is 1. The van der Waals surface area contributed by atoms with E-state index in [-0.39, 0.29) is 24.6 Å². The second kappa shape index (κ2) is 11.6. The molecule has 8 nitrogen and oxygen atoms in total. The van der Waals surface area contributed by atoms with Gasteiger partial charge in [-0.3, -0.25) is 14.7 Å². The van der Waals surface area contributed by atoms with Crippen LogP contribution < -0.4 is 14.8 Å². The lowest BCUT2D eigenvalue weighted by Gasteiger charge is -2.36. The summed E-state index contributed by atoms with van der Waals surface area (Å²) in [7, 11) is 1.60. The number of ether oxygens (including phenoxy) is 2. The predicted octanol–water partition coefficient (Wildman–Crippen LogP) is 5.54. The number of halogens is 1. The summed E-state index contributed by atoms with van der Waals surface area (Å²) in [5.74, 6) is 1.47. The van der Waals surface area contributed by atoms with Gasteiger partial charge in [0.05, 0.1) is 24.8 Å². The lowest BCUT2D eigenvalue weighted by atomic mass is 9.93. The molecule has 1 saturated heterocycles. The van der Waals surface area contributed by atoms with E-state index < -0.39 is 12.1 Å². The second-order valence-electron chi connectivity index (χ2n) is 10.3. The summed E-state index contributed by atoms with van der Waals surface area (Å²) < 4.78 is 11.7. The van der Waals surface area contributed by atoms with Crippen LogP contribution in [0.25, 0.3) is 0 Å². The van der Waals surface area contributed by atoms with Crippen LogP contribution in [0.3, 0.4) is 0 Å². The van der Waals surface area contributed by atoms with Crippen molar-refractivity contribution in [3.05, 3.63) is 94.0 Å². The van der Waals surface area contributed by atoms with E-state index in [2.05, 4.69) is 11.4 Å². The highest BCUT2D eigenvalue weighted by Gasteiger charge is 2.45. The zero-order chi connectivity index (χ0) is 28.4. The number of amides is 3. The third-order valence-electron chi connectivity index (χ3n) is 6.97. The number of aryl methyl sites for hydroxylation is 1. The van der Waals surface area contributed by atoms with E-state index in [9.17, 15) is 9.59 Å². The van der Waals surface area contributed by atoms with Gasteiger partial charge in [0, 0.05) is 24.2 Å². The number of benzene rings is 3. The van der Waals surface area contributed by atoms with E-state index in [4.69, 9.17) is 26.1 Å². The average molecular weight is 561 g/mol. The summed E-state index contributed by atoms with van der Waals surface area (Å²) in [5.41, 5.74) is 3.61. The van der Waals surface area contributed by atoms with E-state index in [1.54, 1.807) is 16.9 Å². The summed E-state index contributed by atoms with van der Waals surface area (Å²) >= 11 is 6.26. The molecule has 40 heavy (non-hydrogen) atoms. The number of amidine groups is 1. The SMILES string of the molecule is COc1ccc(C2=NC(c3cccc(C)c3)C(c3ccc(Cl)cc3)N2C(=O)N2CCNC(=O)C2)c(OC(C)C)c1. The molecule has 2 unspecified atom stereocenters. The molecule has 2 atom stereocenters. The van der Waals surface area contributed by atoms with Gasteiger partial charge in [-0.2, -0.15) is 0 Å². The van der Waals surface area contributed by atoms with Crippen LogP contribution >= 0.6 is 11.6 Å². The van der Waals surface area contributed by atoms with Gasteiger partial charge in [0.1, 0.15) is 29.9 Å². The molecule has 2 heterocycles. The Balaban J connectivity index is 1.72. The van der Waals surface area contributed by atoms with Gasteiger partial charge in [-0.05, 0) is 56.2 Å². The van der Waals surface area contributed by atoms with Gasteiger partial charge < -0.3 is 19.7 Å². The Morgan fingerprint density at radius 1 is 1.07 bits per heavy atom. The van der Waals surface area contributed by atoms with Crippen LogP contribution in [-0.4, -0.2) is 60.4 Å². The fourth-order valence-electron chi connectivity index (χ4n) is 5.17. The fourth-order valence-corrected chi connectivity index (χ4v) is 5.29. The van der Waals surface area contributed by atoms with E-state index in [0.29, 0.717) is 41.0 Å². The van der Waals surface area contributed by atoms with Gasteiger partial charge >= 0.3 is 6.03 Å². The molecule has 2 aliphatic heterocycles. The second-order valence-corrected chi connectivity index (χ2v) is 10.7. The van der Waals surface area contributed by atoms with Crippen LogP contribution in [0.4, 0.5) is 4.79 Å². The van der Waals surface area contributed by atoms with E-state index in [1.165, 1.54) is 0 Å². The quantitative estimate of drug-likeness (QED) is 0.429. The highest BCUT2D eigenvalue weighted by atomic mass is 35.5. The van der Waals surface area contributed by atoms with Crippen LogP contribution in [0, 0.1) is 6.92 Å². The highest BCUT2D eigenvalue weighted by molar-refractivity contribution is 6.30. The van der Waals surface area contributed by atoms with E-state index >= 15 is 0 Å².